The van der Waals surface area contributed by atoms with Crippen LogP contribution in [-0.2, 0) is 4.79 Å². The van der Waals surface area contributed by atoms with E-state index < -0.39 is 6.04 Å². The van der Waals surface area contributed by atoms with Gasteiger partial charge in [-0.05, 0) is 18.1 Å². The Morgan fingerprint density at radius 2 is 2.04 bits per heavy atom. The lowest BCUT2D eigenvalue weighted by Crippen LogP contribution is -2.45. The molecule has 2 aliphatic rings. The van der Waals surface area contributed by atoms with Crippen LogP contribution in [0, 0.1) is 0 Å². The van der Waals surface area contributed by atoms with Crippen LogP contribution < -0.4 is 5.32 Å². The number of benzene rings is 1. The second kappa shape index (κ2) is 6.06. The van der Waals surface area contributed by atoms with E-state index in [4.69, 9.17) is 23.2 Å². The third-order valence-electron chi connectivity index (χ3n) is 4.22. The van der Waals surface area contributed by atoms with Crippen molar-refractivity contribution in [2.45, 2.75) is 19.4 Å². The van der Waals surface area contributed by atoms with Gasteiger partial charge in [-0.15, -0.1) is 0 Å². The highest BCUT2D eigenvalue weighted by Crippen LogP contribution is 2.39. The average Bonchev–Trinajstić information content (AvgIpc) is 2.84. The average molecular weight is 354 g/mol. The van der Waals surface area contributed by atoms with Crippen LogP contribution in [0.4, 0.5) is 4.79 Å². The van der Waals surface area contributed by atoms with Crippen LogP contribution in [0.5, 0.6) is 0 Å². The predicted octanol–water partition coefficient (Wildman–Crippen LogP) is 3.20. The molecule has 0 bridgehead atoms. The Kier molecular flexibility index (Phi) is 4.25. The summed E-state index contributed by atoms with van der Waals surface area (Å²) >= 11 is 12.4. The molecule has 1 atom stereocenters. The number of hydrogen-bond acceptors (Lipinski definition) is 2. The molecule has 1 N–H and O–H groups in total. The van der Waals surface area contributed by atoms with E-state index in [1.165, 1.54) is 4.90 Å². The number of hydrogen-bond donors (Lipinski definition) is 1. The third-order valence-corrected chi connectivity index (χ3v) is 5.05. The molecule has 0 spiro atoms. The van der Waals surface area contributed by atoms with E-state index in [1.807, 2.05) is 6.92 Å². The lowest BCUT2D eigenvalue weighted by atomic mass is 9.95. The maximum Gasteiger partial charge on any atom is 0.322 e. The highest BCUT2D eigenvalue weighted by Gasteiger charge is 2.43. The molecule has 3 rings (SSSR count). The van der Waals surface area contributed by atoms with Crippen molar-refractivity contribution in [2.75, 3.05) is 20.1 Å². The lowest BCUT2D eigenvalue weighted by molar-refractivity contribution is -0.125. The first-order valence-corrected chi connectivity index (χ1v) is 8.21. The van der Waals surface area contributed by atoms with Gasteiger partial charge in [0.05, 0.1) is 33.9 Å². The second-order valence-corrected chi connectivity index (χ2v) is 6.46. The van der Waals surface area contributed by atoms with Gasteiger partial charge in [-0.25, -0.2) is 4.79 Å². The summed E-state index contributed by atoms with van der Waals surface area (Å²) in [5.74, 6) is -0.0604. The van der Waals surface area contributed by atoms with E-state index >= 15 is 0 Å². The quantitative estimate of drug-likeness (QED) is 0.906. The normalized spacial score (nSPS) is 21.0. The van der Waals surface area contributed by atoms with E-state index in [0.29, 0.717) is 34.3 Å². The van der Waals surface area contributed by atoms with Crippen molar-refractivity contribution in [2.24, 2.45) is 0 Å². The number of urea groups is 1. The Bertz CT molecular complexity index is 717. The number of rotatable bonds is 3. The molecule has 0 saturated heterocycles. The minimum absolute atomic E-state index is 0.0604. The van der Waals surface area contributed by atoms with Gasteiger partial charge in [0.1, 0.15) is 0 Å². The van der Waals surface area contributed by atoms with Gasteiger partial charge < -0.3 is 10.2 Å². The molecule has 7 heteroatoms. The van der Waals surface area contributed by atoms with Gasteiger partial charge in [0, 0.05) is 13.6 Å². The second-order valence-electron chi connectivity index (χ2n) is 5.67. The Morgan fingerprint density at radius 3 is 2.74 bits per heavy atom. The number of nitrogens with zero attached hydrogens (tertiary/aromatic N) is 2. The van der Waals surface area contributed by atoms with Crippen molar-refractivity contribution in [3.8, 4) is 0 Å². The van der Waals surface area contributed by atoms with E-state index in [9.17, 15) is 9.59 Å². The summed E-state index contributed by atoms with van der Waals surface area (Å²) in [4.78, 5) is 28.3. The minimum atomic E-state index is -0.575. The molecule has 0 saturated carbocycles. The highest BCUT2D eigenvalue weighted by molar-refractivity contribution is 6.42. The van der Waals surface area contributed by atoms with Crippen molar-refractivity contribution in [3.05, 3.63) is 45.1 Å². The molecule has 1 aromatic carbocycles. The van der Waals surface area contributed by atoms with Crippen LogP contribution in [0.25, 0.3) is 0 Å². The van der Waals surface area contributed by atoms with Gasteiger partial charge >= 0.3 is 6.03 Å². The largest absolute Gasteiger partial charge is 0.333 e. The summed E-state index contributed by atoms with van der Waals surface area (Å²) < 4.78 is 0. The number of carbonyl (C=O) groups excluding carboxylic acids is 2. The first-order valence-electron chi connectivity index (χ1n) is 7.46. The lowest BCUT2D eigenvalue weighted by Gasteiger charge is -2.31. The minimum Gasteiger partial charge on any atom is -0.333 e. The Balaban J connectivity index is 2.09. The maximum atomic E-state index is 12.8. The van der Waals surface area contributed by atoms with E-state index in [-0.39, 0.29) is 11.9 Å². The molecule has 2 aliphatic heterocycles. The zero-order valence-corrected chi connectivity index (χ0v) is 14.4. The molecule has 2 heterocycles. The molecule has 0 radical (unpaired) electrons. The number of nitrogens with one attached hydrogen (secondary N) is 1. The molecule has 1 aromatic rings. The van der Waals surface area contributed by atoms with Crippen molar-refractivity contribution < 1.29 is 9.59 Å². The fourth-order valence-corrected chi connectivity index (χ4v) is 3.47. The fraction of sp³-hybridized carbons (Fsp3) is 0.375. The number of halogens is 2. The van der Waals surface area contributed by atoms with Crippen LogP contribution >= 0.6 is 23.2 Å². The van der Waals surface area contributed by atoms with Crippen LogP contribution in [0.2, 0.25) is 10.0 Å². The molecular formula is C16H17Cl2N3O2. The van der Waals surface area contributed by atoms with Crippen LogP contribution in [0.1, 0.15) is 24.9 Å². The Labute approximate surface area is 144 Å². The first kappa shape index (κ1) is 16.1. The topological polar surface area (TPSA) is 52.7 Å². The SMILES string of the molecule is CCCN1CC2=C(C1=O)[C@H](c1cccc(Cl)c1Cl)NC(=O)N2C. The van der Waals surface area contributed by atoms with E-state index in [1.54, 1.807) is 30.1 Å². The zero-order chi connectivity index (χ0) is 16.7. The molecule has 0 fully saturated rings. The Hall–Kier alpha value is -1.72. The molecule has 0 unspecified atom stereocenters. The number of carbonyl (C=O) groups is 2. The summed E-state index contributed by atoms with van der Waals surface area (Å²) in [6, 6.07) is 4.40. The molecule has 23 heavy (non-hydrogen) atoms. The standard InChI is InChI=1S/C16H17Cl2N3O2/c1-3-7-21-8-11-12(15(21)22)14(19-16(23)20(11)2)9-5-4-6-10(17)13(9)18/h4-6,14H,3,7-8H2,1-2H3,(H,19,23)/t14-/m0/s1. The van der Waals surface area contributed by atoms with Crippen molar-refractivity contribution in [1.29, 1.82) is 0 Å². The van der Waals surface area contributed by atoms with Gasteiger partial charge in [0.2, 0.25) is 0 Å². The maximum absolute atomic E-state index is 12.8. The van der Waals surface area contributed by atoms with E-state index in [0.717, 1.165) is 12.1 Å². The summed E-state index contributed by atoms with van der Waals surface area (Å²) in [5, 5.41) is 3.61. The van der Waals surface area contributed by atoms with Crippen LogP contribution in [-0.4, -0.2) is 41.9 Å². The monoisotopic (exact) mass is 353 g/mol. The smallest absolute Gasteiger partial charge is 0.322 e. The van der Waals surface area contributed by atoms with Gasteiger partial charge in [0.15, 0.2) is 0 Å². The van der Waals surface area contributed by atoms with Crippen molar-refractivity contribution in [3.63, 3.8) is 0 Å². The van der Waals surface area contributed by atoms with Crippen molar-refractivity contribution in [1.82, 2.24) is 15.1 Å². The molecule has 122 valence electrons. The van der Waals surface area contributed by atoms with Gasteiger partial charge in [-0.3, -0.25) is 9.69 Å². The van der Waals surface area contributed by atoms with Gasteiger partial charge in [-0.1, -0.05) is 42.3 Å². The van der Waals surface area contributed by atoms with Gasteiger partial charge in [0.25, 0.3) is 5.91 Å². The molecular weight excluding hydrogens is 337 g/mol. The van der Waals surface area contributed by atoms with Crippen molar-refractivity contribution >= 4 is 35.1 Å². The van der Waals surface area contributed by atoms with Gasteiger partial charge in [-0.2, -0.15) is 0 Å². The first-order chi connectivity index (χ1) is 11.0. The fourth-order valence-electron chi connectivity index (χ4n) is 3.05. The number of likely N-dealkylation sites (N-methyl/N-ethyl adjacent to an activating group) is 1. The molecule has 0 aromatic heterocycles. The third kappa shape index (κ3) is 2.58. The van der Waals surface area contributed by atoms with Crippen LogP contribution in [0.3, 0.4) is 0 Å². The van der Waals surface area contributed by atoms with Crippen LogP contribution in [0.15, 0.2) is 29.5 Å². The Morgan fingerprint density at radius 1 is 1.30 bits per heavy atom. The predicted molar refractivity (Wildman–Crippen MR) is 89.4 cm³/mol. The summed E-state index contributed by atoms with van der Waals surface area (Å²) in [6.45, 7) is 3.12. The molecule has 3 amide bonds. The summed E-state index contributed by atoms with van der Waals surface area (Å²) in [6.07, 6.45) is 0.861. The zero-order valence-electron chi connectivity index (χ0n) is 12.9. The summed E-state index contributed by atoms with van der Waals surface area (Å²) in [5.41, 5.74) is 1.94. The number of amides is 3. The summed E-state index contributed by atoms with van der Waals surface area (Å²) in [7, 11) is 1.67. The van der Waals surface area contributed by atoms with E-state index in [2.05, 4.69) is 5.32 Å². The highest BCUT2D eigenvalue weighted by atomic mass is 35.5. The molecule has 0 aliphatic carbocycles. The molecule has 5 nitrogen and oxygen atoms in total.